The van der Waals surface area contributed by atoms with Crippen LogP contribution in [0, 0.1) is 16.6 Å². The Morgan fingerprint density at radius 2 is 1.90 bits per heavy atom. The summed E-state index contributed by atoms with van der Waals surface area (Å²) < 4.78 is 52.9. The molecule has 1 aromatic heterocycles. The first-order valence-electron chi connectivity index (χ1n) is 8.30. The van der Waals surface area contributed by atoms with Crippen molar-refractivity contribution in [2.75, 3.05) is 19.6 Å². The molecule has 0 radical (unpaired) electrons. The molecule has 6 nitrogen and oxygen atoms in total. The Hall–Kier alpha value is -3.01. The highest BCUT2D eigenvalue weighted by molar-refractivity contribution is 6.34. The van der Waals surface area contributed by atoms with Crippen molar-refractivity contribution in [1.82, 2.24) is 14.8 Å². The standard InChI is InChI=1S/C18H14ClF4N5O/c19-14-10(3-1-4-11(14)18(21,22)23)17(29)27-7-8-28(13(24)9-27)16(25)15-12(20)5-2-6-26-15/h1-6,24-25H,7-9H2. The first-order valence-corrected chi connectivity index (χ1v) is 8.68. The topological polar surface area (TPSA) is 84.1 Å². The third-order valence-corrected chi connectivity index (χ3v) is 4.74. The Labute approximate surface area is 167 Å². The van der Waals surface area contributed by atoms with Crippen LogP contribution in [0.1, 0.15) is 21.6 Å². The molecule has 0 bridgehead atoms. The summed E-state index contributed by atoms with van der Waals surface area (Å²) in [6.07, 6.45) is -3.40. The quantitative estimate of drug-likeness (QED) is 0.436. The molecule has 1 aliphatic rings. The van der Waals surface area contributed by atoms with E-state index in [-0.39, 0.29) is 42.6 Å². The number of hydrogen-bond donors (Lipinski definition) is 2. The van der Waals surface area contributed by atoms with Crippen molar-refractivity contribution < 1.29 is 22.4 Å². The third kappa shape index (κ3) is 4.07. The molecule has 11 heteroatoms. The number of nitrogens with one attached hydrogen (secondary N) is 2. The highest BCUT2D eigenvalue weighted by Crippen LogP contribution is 2.36. The number of hydrogen-bond acceptors (Lipinski definition) is 4. The minimum absolute atomic E-state index is 0.00458. The lowest BCUT2D eigenvalue weighted by molar-refractivity contribution is -0.137. The average Bonchev–Trinajstić information content (AvgIpc) is 2.66. The Kier molecular flexibility index (Phi) is 5.56. The van der Waals surface area contributed by atoms with Crippen molar-refractivity contribution in [3.8, 4) is 0 Å². The number of carbonyl (C=O) groups is 1. The molecule has 1 amide bonds. The van der Waals surface area contributed by atoms with E-state index in [0.717, 1.165) is 23.1 Å². The Balaban J connectivity index is 1.78. The number of rotatable bonds is 2. The minimum Gasteiger partial charge on any atom is -0.329 e. The highest BCUT2D eigenvalue weighted by Gasteiger charge is 2.36. The molecule has 2 N–H and O–H groups in total. The smallest absolute Gasteiger partial charge is 0.329 e. The van der Waals surface area contributed by atoms with Gasteiger partial charge in [-0.25, -0.2) is 9.37 Å². The van der Waals surface area contributed by atoms with Gasteiger partial charge in [0.1, 0.15) is 11.5 Å². The predicted octanol–water partition coefficient (Wildman–Crippen LogP) is 3.65. The van der Waals surface area contributed by atoms with Crippen LogP contribution in [-0.2, 0) is 6.18 Å². The number of alkyl halides is 3. The van der Waals surface area contributed by atoms with Gasteiger partial charge < -0.3 is 9.80 Å². The van der Waals surface area contributed by atoms with Gasteiger partial charge in [-0.05, 0) is 24.3 Å². The molecular weight excluding hydrogens is 414 g/mol. The molecule has 1 saturated heterocycles. The summed E-state index contributed by atoms with van der Waals surface area (Å²) in [4.78, 5) is 18.8. The molecular formula is C18H14ClF4N5O. The SMILES string of the molecule is N=C1CN(C(=O)c2cccc(C(F)(F)F)c2Cl)CCN1C(=N)c1ncccc1F. The van der Waals surface area contributed by atoms with E-state index in [4.69, 9.17) is 22.4 Å². The van der Waals surface area contributed by atoms with E-state index >= 15 is 0 Å². The summed E-state index contributed by atoms with van der Waals surface area (Å²) in [5, 5.41) is 15.5. The zero-order valence-electron chi connectivity index (χ0n) is 14.7. The van der Waals surface area contributed by atoms with Crippen LogP contribution in [0.4, 0.5) is 17.6 Å². The maximum atomic E-state index is 13.9. The van der Waals surface area contributed by atoms with Crippen molar-refractivity contribution in [2.24, 2.45) is 0 Å². The van der Waals surface area contributed by atoms with Crippen LogP contribution in [0.3, 0.4) is 0 Å². The summed E-state index contributed by atoms with van der Waals surface area (Å²) in [5.74, 6) is -2.01. The van der Waals surface area contributed by atoms with Crippen LogP contribution in [-0.4, -0.2) is 52.0 Å². The van der Waals surface area contributed by atoms with E-state index in [1.54, 1.807) is 0 Å². The number of halogens is 5. The van der Waals surface area contributed by atoms with Crippen molar-refractivity contribution in [3.63, 3.8) is 0 Å². The molecule has 0 saturated carbocycles. The number of nitrogens with zero attached hydrogens (tertiary/aromatic N) is 3. The van der Waals surface area contributed by atoms with E-state index < -0.39 is 28.5 Å². The number of benzene rings is 1. The molecule has 0 unspecified atom stereocenters. The molecule has 0 aliphatic carbocycles. The maximum absolute atomic E-state index is 13.9. The molecule has 3 rings (SSSR count). The number of carbonyl (C=O) groups excluding carboxylic acids is 1. The zero-order valence-corrected chi connectivity index (χ0v) is 15.5. The van der Waals surface area contributed by atoms with Gasteiger partial charge in [-0.1, -0.05) is 17.7 Å². The van der Waals surface area contributed by atoms with Gasteiger partial charge in [-0.3, -0.25) is 15.6 Å². The van der Waals surface area contributed by atoms with Gasteiger partial charge in [-0.2, -0.15) is 13.2 Å². The molecule has 2 heterocycles. The summed E-state index contributed by atoms with van der Waals surface area (Å²) in [6, 6.07) is 5.55. The fraction of sp³-hybridized carbons (Fsp3) is 0.222. The fourth-order valence-electron chi connectivity index (χ4n) is 2.90. The van der Waals surface area contributed by atoms with Gasteiger partial charge in [0.05, 0.1) is 22.7 Å². The van der Waals surface area contributed by atoms with Crippen molar-refractivity contribution in [1.29, 1.82) is 10.8 Å². The van der Waals surface area contributed by atoms with Crippen molar-refractivity contribution >= 4 is 29.2 Å². The van der Waals surface area contributed by atoms with Gasteiger partial charge in [0.25, 0.3) is 5.91 Å². The van der Waals surface area contributed by atoms with E-state index in [1.165, 1.54) is 23.2 Å². The van der Waals surface area contributed by atoms with Gasteiger partial charge in [0.15, 0.2) is 11.7 Å². The Bertz CT molecular complexity index is 994. The van der Waals surface area contributed by atoms with Crippen LogP contribution in [0.25, 0.3) is 0 Å². The first-order chi connectivity index (χ1) is 13.6. The summed E-state index contributed by atoms with van der Waals surface area (Å²) in [7, 11) is 0. The van der Waals surface area contributed by atoms with Crippen molar-refractivity contribution in [3.05, 3.63) is 64.2 Å². The lowest BCUT2D eigenvalue weighted by atomic mass is 10.1. The Morgan fingerprint density at radius 1 is 1.17 bits per heavy atom. The second-order valence-electron chi connectivity index (χ2n) is 6.17. The molecule has 2 aromatic rings. The monoisotopic (exact) mass is 427 g/mol. The second-order valence-corrected chi connectivity index (χ2v) is 6.55. The second kappa shape index (κ2) is 7.78. The predicted molar refractivity (Wildman–Crippen MR) is 97.8 cm³/mol. The first kappa shape index (κ1) is 20.7. The van der Waals surface area contributed by atoms with Crippen LogP contribution in [0.5, 0.6) is 0 Å². The highest BCUT2D eigenvalue weighted by atomic mass is 35.5. The largest absolute Gasteiger partial charge is 0.417 e. The normalized spacial score (nSPS) is 14.9. The summed E-state index contributed by atoms with van der Waals surface area (Å²) >= 11 is 5.80. The molecule has 29 heavy (non-hydrogen) atoms. The number of amidine groups is 2. The van der Waals surface area contributed by atoms with Crippen molar-refractivity contribution in [2.45, 2.75) is 6.18 Å². The molecule has 1 aromatic carbocycles. The summed E-state index contributed by atoms with van der Waals surface area (Å²) in [5.41, 5.74) is -1.68. The zero-order chi connectivity index (χ0) is 21.3. The van der Waals surface area contributed by atoms with E-state index in [0.29, 0.717) is 0 Å². The number of aromatic nitrogens is 1. The summed E-state index contributed by atoms with van der Waals surface area (Å²) in [6.45, 7) is -0.289. The van der Waals surface area contributed by atoms with Crippen LogP contribution >= 0.6 is 11.6 Å². The van der Waals surface area contributed by atoms with Gasteiger partial charge in [-0.15, -0.1) is 0 Å². The van der Waals surface area contributed by atoms with Crippen LogP contribution in [0.15, 0.2) is 36.5 Å². The van der Waals surface area contributed by atoms with E-state index in [9.17, 15) is 22.4 Å². The number of piperazine rings is 1. The lowest BCUT2D eigenvalue weighted by Crippen LogP contribution is -2.54. The average molecular weight is 428 g/mol. The molecule has 0 spiro atoms. The van der Waals surface area contributed by atoms with Crippen LogP contribution in [0.2, 0.25) is 5.02 Å². The Morgan fingerprint density at radius 3 is 2.52 bits per heavy atom. The van der Waals surface area contributed by atoms with Crippen LogP contribution < -0.4 is 0 Å². The molecule has 1 fully saturated rings. The fourth-order valence-corrected chi connectivity index (χ4v) is 3.21. The van der Waals surface area contributed by atoms with E-state index in [2.05, 4.69) is 4.98 Å². The molecule has 0 atom stereocenters. The molecule has 152 valence electrons. The number of pyridine rings is 1. The van der Waals surface area contributed by atoms with Gasteiger partial charge in [0.2, 0.25) is 0 Å². The van der Waals surface area contributed by atoms with E-state index in [1.807, 2.05) is 0 Å². The third-order valence-electron chi connectivity index (χ3n) is 4.33. The molecule has 1 aliphatic heterocycles. The van der Waals surface area contributed by atoms with Gasteiger partial charge in [0, 0.05) is 19.3 Å². The van der Waals surface area contributed by atoms with Gasteiger partial charge >= 0.3 is 6.18 Å². The number of amides is 1. The minimum atomic E-state index is -4.71. The maximum Gasteiger partial charge on any atom is 0.417 e. The lowest BCUT2D eigenvalue weighted by Gasteiger charge is -2.36.